The zero-order valence-electron chi connectivity index (χ0n) is 7.15. The first-order valence-corrected chi connectivity index (χ1v) is 3.75. The van der Waals surface area contributed by atoms with E-state index in [-0.39, 0.29) is 0 Å². The molecule has 0 fully saturated rings. The summed E-state index contributed by atoms with van der Waals surface area (Å²) in [5.41, 5.74) is 1.04. The van der Waals surface area contributed by atoms with E-state index in [9.17, 15) is 0 Å². The first kappa shape index (κ1) is 7.57. The molecule has 0 N–H and O–H groups in total. The van der Waals surface area contributed by atoms with E-state index in [2.05, 4.69) is 4.98 Å². The largest absolute Gasteiger partial charge is 0.334 e. The van der Waals surface area contributed by atoms with E-state index in [1.807, 2.05) is 23.6 Å². The Kier molecular flexibility index (Phi) is 1.74. The van der Waals surface area contributed by atoms with Crippen LogP contribution in [0.3, 0.4) is 0 Å². The molecule has 5 heteroatoms. The van der Waals surface area contributed by atoms with Crippen LogP contribution in [0.15, 0.2) is 6.33 Å². The molecule has 1 aliphatic rings. The number of nitrogens with zero attached hydrogens (tertiary/aromatic N) is 3. The van der Waals surface area contributed by atoms with Crippen molar-refractivity contribution in [2.45, 2.75) is 6.61 Å². The molecule has 1 aromatic heterocycles. The molecule has 0 radical (unpaired) electrons. The van der Waals surface area contributed by atoms with E-state index >= 15 is 0 Å². The van der Waals surface area contributed by atoms with Crippen molar-refractivity contribution in [2.75, 3.05) is 18.7 Å². The van der Waals surface area contributed by atoms with E-state index in [1.165, 1.54) is 0 Å². The van der Waals surface area contributed by atoms with Gasteiger partial charge in [0.15, 0.2) is 12.5 Å². The third kappa shape index (κ3) is 1.07. The zero-order valence-corrected chi connectivity index (χ0v) is 7.15. The Labute approximate surface area is 70.4 Å². The smallest absolute Gasteiger partial charge is 0.155 e. The Morgan fingerprint density at radius 1 is 1.42 bits per heavy atom. The fourth-order valence-electron chi connectivity index (χ4n) is 1.20. The Hall–Kier alpha value is -1.07. The Balaban J connectivity index is 2.41. The Morgan fingerprint density at radius 3 is 3.08 bits per heavy atom. The zero-order chi connectivity index (χ0) is 8.55. The number of aromatic nitrogens is 2. The molecule has 2 rings (SSSR count). The van der Waals surface area contributed by atoms with E-state index < -0.39 is 0 Å². The van der Waals surface area contributed by atoms with Gasteiger partial charge in [-0.2, -0.15) is 0 Å². The highest BCUT2D eigenvalue weighted by atomic mass is 17.2. The van der Waals surface area contributed by atoms with Crippen LogP contribution in [0.1, 0.15) is 5.69 Å². The molecule has 0 saturated carbocycles. The maximum absolute atomic E-state index is 4.93. The van der Waals surface area contributed by atoms with Crippen molar-refractivity contribution in [1.29, 1.82) is 0 Å². The molecule has 0 bridgehead atoms. The number of anilines is 1. The van der Waals surface area contributed by atoms with Crippen LogP contribution in [0.2, 0.25) is 0 Å². The standard InChI is InChI=1S/C7H11N3O2/c1-9-4-8-7-6(9)3-11-12-5-10(7)2/h4H,3,5H2,1-2H3. The van der Waals surface area contributed by atoms with Crippen LogP contribution in [-0.4, -0.2) is 23.3 Å². The van der Waals surface area contributed by atoms with Crippen molar-refractivity contribution in [1.82, 2.24) is 9.55 Å². The van der Waals surface area contributed by atoms with Gasteiger partial charge in [0.05, 0.1) is 12.0 Å². The summed E-state index contributed by atoms with van der Waals surface area (Å²) >= 11 is 0. The van der Waals surface area contributed by atoms with Gasteiger partial charge in [0.2, 0.25) is 0 Å². The number of rotatable bonds is 0. The van der Waals surface area contributed by atoms with Crippen molar-refractivity contribution < 1.29 is 9.78 Å². The molecule has 0 aliphatic carbocycles. The van der Waals surface area contributed by atoms with E-state index in [4.69, 9.17) is 9.78 Å². The summed E-state index contributed by atoms with van der Waals surface area (Å²) in [6.07, 6.45) is 1.77. The molecular formula is C7H11N3O2. The third-order valence-corrected chi connectivity index (χ3v) is 1.92. The second-order valence-corrected chi connectivity index (χ2v) is 2.83. The van der Waals surface area contributed by atoms with Crippen molar-refractivity contribution in [3.05, 3.63) is 12.0 Å². The SMILES string of the molecule is CN1COOCc2c1ncn2C. The van der Waals surface area contributed by atoms with Gasteiger partial charge in [-0.3, -0.25) is 0 Å². The first-order valence-electron chi connectivity index (χ1n) is 3.75. The van der Waals surface area contributed by atoms with Crippen LogP contribution < -0.4 is 4.90 Å². The molecule has 5 nitrogen and oxygen atoms in total. The van der Waals surface area contributed by atoms with Crippen LogP contribution in [0.5, 0.6) is 0 Å². The lowest BCUT2D eigenvalue weighted by Gasteiger charge is -2.11. The first-order chi connectivity index (χ1) is 5.79. The lowest BCUT2D eigenvalue weighted by atomic mass is 10.4. The van der Waals surface area contributed by atoms with Gasteiger partial charge in [0, 0.05) is 14.1 Å². The van der Waals surface area contributed by atoms with E-state index in [0.717, 1.165) is 11.5 Å². The molecule has 1 aliphatic heterocycles. The summed E-state index contributed by atoms with van der Waals surface area (Å²) in [5, 5.41) is 0. The highest BCUT2D eigenvalue weighted by Gasteiger charge is 2.16. The molecule has 12 heavy (non-hydrogen) atoms. The second kappa shape index (κ2) is 2.76. The van der Waals surface area contributed by atoms with Gasteiger partial charge in [-0.15, -0.1) is 0 Å². The minimum Gasteiger partial charge on any atom is -0.334 e. The number of imidazole rings is 1. The van der Waals surface area contributed by atoms with Crippen LogP contribution in [0, 0.1) is 0 Å². The summed E-state index contributed by atoms with van der Waals surface area (Å²) in [4.78, 5) is 15.9. The van der Waals surface area contributed by atoms with Gasteiger partial charge in [-0.05, 0) is 0 Å². The predicted molar refractivity (Wildman–Crippen MR) is 42.4 cm³/mol. The van der Waals surface area contributed by atoms with Gasteiger partial charge >= 0.3 is 0 Å². The molecule has 66 valence electrons. The van der Waals surface area contributed by atoms with Gasteiger partial charge in [0.25, 0.3) is 0 Å². The average Bonchev–Trinajstić information content (AvgIpc) is 2.30. The molecule has 0 saturated heterocycles. The highest BCUT2D eigenvalue weighted by molar-refractivity contribution is 5.42. The van der Waals surface area contributed by atoms with Crippen LogP contribution >= 0.6 is 0 Å². The molecule has 0 spiro atoms. The summed E-state index contributed by atoms with van der Waals surface area (Å²) in [6, 6.07) is 0. The monoisotopic (exact) mass is 169 g/mol. The van der Waals surface area contributed by atoms with Crippen molar-refractivity contribution in [2.24, 2.45) is 7.05 Å². The Bertz CT molecular complexity index is 284. The predicted octanol–water partition coefficient (Wildman–Crippen LogP) is 0.276. The molecular weight excluding hydrogens is 158 g/mol. The minimum absolute atomic E-state index is 0.421. The normalized spacial score (nSPS) is 17.3. The maximum Gasteiger partial charge on any atom is 0.155 e. The highest BCUT2D eigenvalue weighted by Crippen LogP contribution is 2.19. The van der Waals surface area contributed by atoms with Crippen LogP contribution in [0.4, 0.5) is 5.82 Å². The number of aryl methyl sites for hydroxylation is 1. The van der Waals surface area contributed by atoms with Crippen molar-refractivity contribution >= 4 is 5.82 Å². The van der Waals surface area contributed by atoms with Gasteiger partial charge in [-0.25, -0.2) is 14.8 Å². The fourth-order valence-corrected chi connectivity index (χ4v) is 1.20. The molecule has 0 aromatic carbocycles. The van der Waals surface area contributed by atoms with Crippen molar-refractivity contribution in [3.8, 4) is 0 Å². The number of fused-ring (bicyclic) bond motifs is 1. The summed E-state index contributed by atoms with van der Waals surface area (Å²) in [5.74, 6) is 0.926. The van der Waals surface area contributed by atoms with Gasteiger partial charge < -0.3 is 9.47 Å². The summed E-state index contributed by atoms with van der Waals surface area (Å²) in [6.45, 7) is 0.875. The third-order valence-electron chi connectivity index (χ3n) is 1.92. The number of hydrogen-bond acceptors (Lipinski definition) is 4. The lowest BCUT2D eigenvalue weighted by Crippen LogP contribution is -2.19. The van der Waals surface area contributed by atoms with Crippen LogP contribution in [0.25, 0.3) is 0 Å². The average molecular weight is 169 g/mol. The van der Waals surface area contributed by atoms with Gasteiger partial charge in [0.1, 0.15) is 6.61 Å². The van der Waals surface area contributed by atoms with Gasteiger partial charge in [-0.1, -0.05) is 0 Å². The fraction of sp³-hybridized carbons (Fsp3) is 0.571. The summed E-state index contributed by atoms with van der Waals surface area (Å²) < 4.78 is 1.93. The minimum atomic E-state index is 0.421. The maximum atomic E-state index is 4.93. The Morgan fingerprint density at radius 2 is 2.25 bits per heavy atom. The number of hydrogen-bond donors (Lipinski definition) is 0. The van der Waals surface area contributed by atoms with E-state index in [1.54, 1.807) is 6.33 Å². The van der Waals surface area contributed by atoms with Crippen molar-refractivity contribution in [3.63, 3.8) is 0 Å². The molecule has 1 aromatic rings. The molecule has 0 amide bonds. The topological polar surface area (TPSA) is 39.5 Å². The lowest BCUT2D eigenvalue weighted by molar-refractivity contribution is -0.300. The van der Waals surface area contributed by atoms with Crippen LogP contribution in [-0.2, 0) is 23.4 Å². The molecule has 0 atom stereocenters. The quantitative estimate of drug-likeness (QED) is 0.523. The molecule has 0 unspecified atom stereocenters. The second-order valence-electron chi connectivity index (χ2n) is 2.83. The van der Waals surface area contributed by atoms with E-state index in [0.29, 0.717) is 13.3 Å². The summed E-state index contributed by atoms with van der Waals surface area (Å²) in [7, 11) is 3.86. The molecule has 2 heterocycles.